The highest BCUT2D eigenvalue weighted by atomic mass is 32.2. The number of nitrogens with zero attached hydrogens (tertiary/aromatic N) is 3. The number of benzene rings is 1. The molecule has 3 aromatic heterocycles. The Morgan fingerprint density at radius 3 is 2.91 bits per heavy atom. The van der Waals surface area contributed by atoms with E-state index in [9.17, 15) is 0 Å². The molecule has 0 aliphatic rings. The number of hydrogen-bond donors (Lipinski definition) is 1. The molecule has 0 amide bonds. The molecular weight excluding hydrogens is 296 g/mol. The van der Waals surface area contributed by atoms with Gasteiger partial charge in [-0.05, 0) is 24.3 Å². The molecule has 0 unspecified atom stereocenters. The Kier molecular flexibility index (Phi) is 3.36. The standard InChI is InChI=1S/C16H12N4OS/c1-2-4-11(5-3-1)22-10-14-19-16(20-21-14)13-7-9-18-15-12(13)6-8-17-15/h1-9H,10H2,(H,17,18). The minimum atomic E-state index is 0.593. The van der Waals surface area contributed by atoms with Gasteiger partial charge in [0.25, 0.3) is 0 Å². The number of aromatic amines is 1. The first-order valence-electron chi connectivity index (χ1n) is 6.83. The van der Waals surface area contributed by atoms with Crippen molar-refractivity contribution in [3.8, 4) is 11.4 Å². The van der Waals surface area contributed by atoms with E-state index in [0.717, 1.165) is 16.6 Å². The summed E-state index contributed by atoms with van der Waals surface area (Å²) >= 11 is 1.67. The smallest absolute Gasteiger partial charge is 0.237 e. The van der Waals surface area contributed by atoms with Gasteiger partial charge in [0.1, 0.15) is 5.65 Å². The lowest BCUT2D eigenvalue weighted by molar-refractivity contribution is 0.392. The minimum absolute atomic E-state index is 0.593. The summed E-state index contributed by atoms with van der Waals surface area (Å²) in [5.74, 6) is 1.86. The molecule has 0 radical (unpaired) electrons. The highest BCUT2D eigenvalue weighted by Crippen LogP contribution is 2.26. The third-order valence-electron chi connectivity index (χ3n) is 3.27. The predicted octanol–water partition coefficient (Wildman–Crippen LogP) is 3.91. The fraction of sp³-hybridized carbons (Fsp3) is 0.0625. The Balaban J connectivity index is 1.58. The second kappa shape index (κ2) is 5.65. The highest BCUT2D eigenvalue weighted by Gasteiger charge is 2.12. The number of thioether (sulfide) groups is 1. The third-order valence-corrected chi connectivity index (χ3v) is 4.27. The summed E-state index contributed by atoms with van der Waals surface area (Å²) in [5.41, 5.74) is 1.74. The monoisotopic (exact) mass is 308 g/mol. The predicted molar refractivity (Wildman–Crippen MR) is 85.4 cm³/mol. The van der Waals surface area contributed by atoms with Crippen LogP contribution in [0.2, 0.25) is 0 Å². The Labute approximate surface area is 130 Å². The summed E-state index contributed by atoms with van der Waals surface area (Å²) in [4.78, 5) is 13.0. The largest absolute Gasteiger partial charge is 0.346 e. The molecule has 0 saturated carbocycles. The minimum Gasteiger partial charge on any atom is -0.346 e. The molecule has 0 bridgehead atoms. The summed E-state index contributed by atoms with van der Waals surface area (Å²) in [6, 6.07) is 14.0. The first kappa shape index (κ1) is 13.1. The molecule has 0 fully saturated rings. The maximum atomic E-state index is 5.35. The van der Waals surface area contributed by atoms with Gasteiger partial charge in [-0.1, -0.05) is 23.4 Å². The molecule has 5 nitrogen and oxygen atoms in total. The van der Waals surface area contributed by atoms with E-state index in [4.69, 9.17) is 4.52 Å². The van der Waals surface area contributed by atoms with E-state index in [0.29, 0.717) is 17.5 Å². The van der Waals surface area contributed by atoms with Crippen LogP contribution >= 0.6 is 11.8 Å². The lowest BCUT2D eigenvalue weighted by Crippen LogP contribution is -1.85. The average molecular weight is 308 g/mol. The van der Waals surface area contributed by atoms with E-state index in [2.05, 4.69) is 32.2 Å². The van der Waals surface area contributed by atoms with Crippen LogP contribution in [0.4, 0.5) is 0 Å². The topological polar surface area (TPSA) is 67.6 Å². The summed E-state index contributed by atoms with van der Waals surface area (Å²) < 4.78 is 5.35. The van der Waals surface area contributed by atoms with Crippen molar-refractivity contribution in [3.05, 3.63) is 60.7 Å². The van der Waals surface area contributed by atoms with E-state index in [1.807, 2.05) is 36.5 Å². The Bertz CT molecular complexity index is 901. The molecule has 0 atom stereocenters. The number of rotatable bonds is 4. The lowest BCUT2D eigenvalue weighted by atomic mass is 10.2. The van der Waals surface area contributed by atoms with Crippen LogP contribution in [0.5, 0.6) is 0 Å². The average Bonchev–Trinajstić information content (AvgIpc) is 3.22. The van der Waals surface area contributed by atoms with E-state index in [1.54, 1.807) is 18.0 Å². The van der Waals surface area contributed by atoms with Crippen LogP contribution in [0.3, 0.4) is 0 Å². The molecule has 0 spiro atoms. The van der Waals surface area contributed by atoms with Crippen molar-refractivity contribution in [1.29, 1.82) is 0 Å². The molecule has 22 heavy (non-hydrogen) atoms. The van der Waals surface area contributed by atoms with E-state index in [-0.39, 0.29) is 0 Å². The highest BCUT2D eigenvalue weighted by molar-refractivity contribution is 7.98. The number of pyridine rings is 1. The Hall–Kier alpha value is -2.60. The van der Waals surface area contributed by atoms with Crippen molar-refractivity contribution in [2.45, 2.75) is 10.6 Å². The van der Waals surface area contributed by atoms with Gasteiger partial charge < -0.3 is 9.51 Å². The molecule has 3 heterocycles. The van der Waals surface area contributed by atoms with Gasteiger partial charge in [-0.15, -0.1) is 11.8 Å². The molecule has 0 saturated heterocycles. The quantitative estimate of drug-likeness (QED) is 0.579. The number of aromatic nitrogens is 4. The zero-order chi connectivity index (χ0) is 14.8. The van der Waals surface area contributed by atoms with Crippen molar-refractivity contribution in [2.24, 2.45) is 0 Å². The zero-order valence-electron chi connectivity index (χ0n) is 11.6. The van der Waals surface area contributed by atoms with Gasteiger partial charge in [0.15, 0.2) is 0 Å². The Morgan fingerprint density at radius 2 is 2.00 bits per heavy atom. The van der Waals surface area contributed by atoms with E-state index >= 15 is 0 Å². The normalized spacial score (nSPS) is 11.1. The maximum absolute atomic E-state index is 5.35. The van der Waals surface area contributed by atoms with Crippen LogP contribution in [0, 0.1) is 0 Å². The van der Waals surface area contributed by atoms with Gasteiger partial charge >= 0.3 is 0 Å². The fourth-order valence-electron chi connectivity index (χ4n) is 2.24. The lowest BCUT2D eigenvalue weighted by Gasteiger charge is -1.97. The first-order chi connectivity index (χ1) is 10.9. The van der Waals surface area contributed by atoms with Gasteiger partial charge in [-0.25, -0.2) is 4.98 Å². The van der Waals surface area contributed by atoms with Gasteiger partial charge in [-0.3, -0.25) is 0 Å². The number of hydrogen-bond acceptors (Lipinski definition) is 5. The molecule has 1 N–H and O–H groups in total. The number of nitrogens with one attached hydrogen (secondary N) is 1. The molecule has 4 rings (SSSR count). The molecule has 0 aliphatic carbocycles. The molecule has 108 valence electrons. The van der Waals surface area contributed by atoms with E-state index in [1.165, 1.54) is 4.90 Å². The molecule has 1 aromatic carbocycles. The zero-order valence-corrected chi connectivity index (χ0v) is 12.4. The molecule has 6 heteroatoms. The van der Waals surface area contributed by atoms with Gasteiger partial charge in [0.2, 0.25) is 11.7 Å². The van der Waals surface area contributed by atoms with Gasteiger partial charge in [0, 0.05) is 28.2 Å². The first-order valence-corrected chi connectivity index (χ1v) is 7.81. The van der Waals surface area contributed by atoms with Crippen LogP contribution in [0.25, 0.3) is 22.4 Å². The molecule has 0 aliphatic heterocycles. The van der Waals surface area contributed by atoms with Crippen molar-refractivity contribution in [2.75, 3.05) is 0 Å². The van der Waals surface area contributed by atoms with Crippen LogP contribution in [-0.4, -0.2) is 20.1 Å². The molecular formula is C16H12N4OS. The molecule has 4 aromatic rings. The second-order valence-corrected chi connectivity index (χ2v) is 5.76. The Morgan fingerprint density at radius 1 is 1.09 bits per heavy atom. The summed E-state index contributed by atoms with van der Waals surface area (Å²) in [6.07, 6.45) is 3.59. The van der Waals surface area contributed by atoms with Crippen LogP contribution in [0.1, 0.15) is 5.89 Å². The van der Waals surface area contributed by atoms with Crippen LogP contribution < -0.4 is 0 Å². The summed E-state index contributed by atoms with van der Waals surface area (Å²) in [7, 11) is 0. The van der Waals surface area contributed by atoms with Gasteiger partial charge in [0.05, 0.1) is 5.75 Å². The van der Waals surface area contributed by atoms with Crippen molar-refractivity contribution in [3.63, 3.8) is 0 Å². The van der Waals surface area contributed by atoms with Crippen LogP contribution in [-0.2, 0) is 5.75 Å². The second-order valence-electron chi connectivity index (χ2n) is 4.71. The maximum Gasteiger partial charge on any atom is 0.237 e. The van der Waals surface area contributed by atoms with Crippen molar-refractivity contribution in [1.82, 2.24) is 20.1 Å². The van der Waals surface area contributed by atoms with Gasteiger partial charge in [-0.2, -0.15) is 4.98 Å². The van der Waals surface area contributed by atoms with Crippen LogP contribution in [0.15, 0.2) is 64.3 Å². The summed E-state index contributed by atoms with van der Waals surface area (Å²) in [6.45, 7) is 0. The van der Waals surface area contributed by atoms with Crippen molar-refractivity contribution >= 4 is 22.8 Å². The number of H-pyrrole nitrogens is 1. The SMILES string of the molecule is c1ccc(SCc2nc(-c3ccnc4[nH]ccc34)no2)cc1. The van der Waals surface area contributed by atoms with Crippen molar-refractivity contribution < 1.29 is 4.52 Å². The number of fused-ring (bicyclic) bond motifs is 1. The van der Waals surface area contributed by atoms with E-state index < -0.39 is 0 Å². The summed E-state index contributed by atoms with van der Waals surface area (Å²) in [5, 5.41) is 5.08. The fourth-order valence-corrected chi connectivity index (χ4v) is 3.00. The third kappa shape index (κ3) is 2.48.